The van der Waals surface area contributed by atoms with Crippen LogP contribution in [0, 0.1) is 26.7 Å². The summed E-state index contributed by atoms with van der Waals surface area (Å²) in [5.41, 5.74) is 5.13. The van der Waals surface area contributed by atoms with Crippen LogP contribution in [0.2, 0.25) is 0 Å². The number of likely N-dealkylation sites (tertiary alicyclic amines) is 1. The van der Waals surface area contributed by atoms with Crippen molar-refractivity contribution in [3.63, 3.8) is 0 Å². The monoisotopic (exact) mass is 366 g/mol. The second kappa shape index (κ2) is 7.82. The molecule has 1 N–H and O–H groups in total. The first-order valence-electron chi connectivity index (χ1n) is 9.17. The molecule has 2 amide bonds. The van der Waals surface area contributed by atoms with Gasteiger partial charge in [-0.05, 0) is 49.6 Å². The molecule has 1 atom stereocenters. The molecule has 1 aliphatic rings. The Balaban J connectivity index is 1.65. The lowest BCUT2D eigenvalue weighted by atomic mass is 10.0. The van der Waals surface area contributed by atoms with E-state index in [0.29, 0.717) is 13.1 Å². The highest BCUT2D eigenvalue weighted by Crippen LogP contribution is 2.26. The van der Waals surface area contributed by atoms with E-state index in [4.69, 9.17) is 4.74 Å². The second-order valence-electron chi connectivity index (χ2n) is 7.29. The fourth-order valence-corrected chi connectivity index (χ4v) is 3.65. The maximum atomic E-state index is 12.7. The molecule has 1 fully saturated rings. The van der Waals surface area contributed by atoms with E-state index >= 15 is 0 Å². The van der Waals surface area contributed by atoms with Crippen molar-refractivity contribution in [1.82, 2.24) is 4.90 Å². The molecule has 1 aliphatic heterocycles. The largest absolute Gasteiger partial charge is 0.497 e. The Morgan fingerprint density at radius 2 is 1.78 bits per heavy atom. The zero-order valence-electron chi connectivity index (χ0n) is 16.3. The number of nitrogens with one attached hydrogen (secondary N) is 1. The van der Waals surface area contributed by atoms with E-state index in [9.17, 15) is 9.59 Å². The van der Waals surface area contributed by atoms with E-state index in [1.165, 1.54) is 5.56 Å². The summed E-state index contributed by atoms with van der Waals surface area (Å²) in [6, 6.07) is 11.7. The number of aryl methyl sites for hydroxylation is 3. The summed E-state index contributed by atoms with van der Waals surface area (Å²) >= 11 is 0. The van der Waals surface area contributed by atoms with E-state index in [2.05, 4.69) is 17.4 Å². The molecule has 5 heteroatoms. The van der Waals surface area contributed by atoms with Crippen LogP contribution >= 0.6 is 0 Å². The van der Waals surface area contributed by atoms with Crippen molar-refractivity contribution in [2.75, 3.05) is 19.0 Å². The topological polar surface area (TPSA) is 58.6 Å². The van der Waals surface area contributed by atoms with E-state index in [-0.39, 0.29) is 24.2 Å². The zero-order chi connectivity index (χ0) is 19.6. The van der Waals surface area contributed by atoms with Crippen LogP contribution in [0.4, 0.5) is 5.69 Å². The van der Waals surface area contributed by atoms with Crippen LogP contribution in [0.25, 0.3) is 0 Å². The quantitative estimate of drug-likeness (QED) is 0.879. The summed E-state index contributed by atoms with van der Waals surface area (Å²) in [5.74, 6) is 0.391. The van der Waals surface area contributed by atoms with Crippen molar-refractivity contribution in [3.8, 4) is 5.75 Å². The SMILES string of the molecule is COc1ccc(CN2CC(C(=O)Nc3c(C)cc(C)cc3C)CC2=O)cc1. The van der Waals surface area contributed by atoms with Crippen molar-refractivity contribution in [3.05, 3.63) is 58.7 Å². The molecule has 0 radical (unpaired) electrons. The van der Waals surface area contributed by atoms with Gasteiger partial charge in [-0.15, -0.1) is 0 Å². The Bertz CT molecular complexity index is 835. The molecule has 1 saturated heterocycles. The summed E-state index contributed by atoms with van der Waals surface area (Å²) in [6.07, 6.45) is 0.256. The van der Waals surface area contributed by atoms with Crippen LogP contribution in [-0.2, 0) is 16.1 Å². The third kappa shape index (κ3) is 4.30. The summed E-state index contributed by atoms with van der Waals surface area (Å²) in [4.78, 5) is 26.8. The molecule has 3 rings (SSSR count). The molecule has 5 nitrogen and oxygen atoms in total. The molecule has 1 heterocycles. The van der Waals surface area contributed by atoms with Gasteiger partial charge >= 0.3 is 0 Å². The Labute approximate surface area is 160 Å². The lowest BCUT2D eigenvalue weighted by molar-refractivity contribution is -0.128. The van der Waals surface area contributed by atoms with E-state index < -0.39 is 0 Å². The Hall–Kier alpha value is -2.82. The number of anilines is 1. The smallest absolute Gasteiger partial charge is 0.229 e. The first-order valence-corrected chi connectivity index (χ1v) is 9.17. The van der Waals surface area contributed by atoms with Gasteiger partial charge < -0.3 is 15.0 Å². The average molecular weight is 366 g/mol. The first-order chi connectivity index (χ1) is 12.9. The van der Waals surface area contributed by atoms with Crippen LogP contribution in [0.15, 0.2) is 36.4 Å². The third-order valence-corrected chi connectivity index (χ3v) is 5.04. The van der Waals surface area contributed by atoms with Gasteiger partial charge in [-0.2, -0.15) is 0 Å². The maximum Gasteiger partial charge on any atom is 0.229 e. The van der Waals surface area contributed by atoms with Gasteiger partial charge in [0.15, 0.2) is 0 Å². The summed E-state index contributed by atoms with van der Waals surface area (Å²) in [7, 11) is 1.62. The standard InChI is InChI=1S/C22H26N2O3/c1-14-9-15(2)21(16(3)10-14)23-22(26)18-11-20(25)24(13-18)12-17-5-7-19(27-4)8-6-17/h5-10,18H,11-13H2,1-4H3,(H,23,26). The molecule has 1 unspecified atom stereocenters. The second-order valence-corrected chi connectivity index (χ2v) is 7.29. The van der Waals surface area contributed by atoms with Gasteiger partial charge in [0.2, 0.25) is 11.8 Å². The van der Waals surface area contributed by atoms with Gasteiger partial charge in [-0.3, -0.25) is 9.59 Å². The number of benzene rings is 2. The average Bonchev–Trinajstić information content (AvgIpc) is 2.99. The van der Waals surface area contributed by atoms with Crippen molar-refractivity contribution in [1.29, 1.82) is 0 Å². The molecule has 2 aromatic carbocycles. The summed E-state index contributed by atoms with van der Waals surface area (Å²) in [6.45, 7) is 6.98. The minimum Gasteiger partial charge on any atom is -0.497 e. The minimum atomic E-state index is -0.323. The Morgan fingerprint density at radius 1 is 1.15 bits per heavy atom. The van der Waals surface area contributed by atoms with Crippen molar-refractivity contribution >= 4 is 17.5 Å². The molecule has 2 aromatic rings. The van der Waals surface area contributed by atoms with Gasteiger partial charge in [0.25, 0.3) is 0 Å². The van der Waals surface area contributed by atoms with Crippen LogP contribution < -0.4 is 10.1 Å². The lowest BCUT2D eigenvalue weighted by Crippen LogP contribution is -2.28. The number of hydrogen-bond acceptors (Lipinski definition) is 3. The van der Waals surface area contributed by atoms with Crippen LogP contribution in [0.3, 0.4) is 0 Å². The fourth-order valence-electron chi connectivity index (χ4n) is 3.65. The predicted octanol–water partition coefficient (Wildman–Crippen LogP) is 3.61. The number of carbonyl (C=O) groups is 2. The number of nitrogens with zero attached hydrogens (tertiary/aromatic N) is 1. The fraction of sp³-hybridized carbons (Fsp3) is 0.364. The first kappa shape index (κ1) is 19.0. The van der Waals surface area contributed by atoms with Crippen molar-refractivity contribution < 1.29 is 14.3 Å². The molecule has 0 saturated carbocycles. The highest BCUT2D eigenvalue weighted by atomic mass is 16.5. The predicted molar refractivity (Wildman–Crippen MR) is 106 cm³/mol. The maximum absolute atomic E-state index is 12.7. The van der Waals surface area contributed by atoms with E-state index in [1.807, 2.05) is 45.0 Å². The molecule has 0 aromatic heterocycles. The molecule has 0 aliphatic carbocycles. The number of methoxy groups -OCH3 is 1. The molecule has 27 heavy (non-hydrogen) atoms. The highest BCUT2D eigenvalue weighted by Gasteiger charge is 2.34. The number of hydrogen-bond donors (Lipinski definition) is 1. The van der Waals surface area contributed by atoms with Crippen LogP contribution in [0.5, 0.6) is 5.75 Å². The van der Waals surface area contributed by atoms with Crippen molar-refractivity contribution in [2.45, 2.75) is 33.7 Å². The van der Waals surface area contributed by atoms with E-state index in [1.54, 1.807) is 12.0 Å². The minimum absolute atomic E-state index is 0.0170. The molecule has 0 bridgehead atoms. The molecule has 142 valence electrons. The third-order valence-electron chi connectivity index (χ3n) is 5.04. The van der Waals surface area contributed by atoms with Gasteiger partial charge in [-0.25, -0.2) is 0 Å². The normalized spacial score (nSPS) is 16.5. The van der Waals surface area contributed by atoms with Gasteiger partial charge in [0, 0.05) is 25.2 Å². The van der Waals surface area contributed by atoms with Gasteiger partial charge in [0.1, 0.15) is 5.75 Å². The highest BCUT2D eigenvalue weighted by molar-refractivity contribution is 5.98. The van der Waals surface area contributed by atoms with Crippen LogP contribution in [0.1, 0.15) is 28.7 Å². The molecular weight excluding hydrogens is 340 g/mol. The van der Waals surface area contributed by atoms with Gasteiger partial charge in [-0.1, -0.05) is 29.8 Å². The lowest BCUT2D eigenvalue weighted by Gasteiger charge is -2.18. The number of carbonyl (C=O) groups excluding carboxylic acids is 2. The molecule has 0 spiro atoms. The zero-order valence-corrected chi connectivity index (χ0v) is 16.3. The number of amides is 2. The Morgan fingerprint density at radius 3 is 2.37 bits per heavy atom. The van der Waals surface area contributed by atoms with E-state index in [0.717, 1.165) is 28.1 Å². The number of ether oxygens (including phenoxy) is 1. The Kier molecular flexibility index (Phi) is 5.49. The molecular formula is C22H26N2O3. The summed E-state index contributed by atoms with van der Waals surface area (Å²) < 4.78 is 5.16. The van der Waals surface area contributed by atoms with Crippen molar-refractivity contribution in [2.24, 2.45) is 5.92 Å². The summed E-state index contributed by atoms with van der Waals surface area (Å²) in [5, 5.41) is 3.03. The van der Waals surface area contributed by atoms with Gasteiger partial charge in [0.05, 0.1) is 13.0 Å². The number of rotatable bonds is 5. The van der Waals surface area contributed by atoms with Crippen LogP contribution in [-0.4, -0.2) is 30.4 Å².